The van der Waals surface area contributed by atoms with Gasteiger partial charge >= 0.3 is 0 Å². The van der Waals surface area contributed by atoms with Crippen LogP contribution in [0, 0.1) is 6.92 Å². The van der Waals surface area contributed by atoms with Crippen LogP contribution in [0.4, 0.5) is 0 Å². The van der Waals surface area contributed by atoms with E-state index in [2.05, 4.69) is 5.32 Å². The number of amides is 1. The topological polar surface area (TPSA) is 45.7 Å². The van der Waals surface area contributed by atoms with Crippen molar-refractivity contribution in [2.24, 2.45) is 0 Å². The SMILES string of the molecule is Cc1ccccc1C(=O)N[C@@H]([NH2+]Cc1ccccc1)C(Cl)(Cl)Cl. The zero-order valence-electron chi connectivity index (χ0n) is 12.6. The van der Waals surface area contributed by atoms with Crippen molar-refractivity contribution >= 4 is 40.7 Å². The van der Waals surface area contributed by atoms with E-state index in [0.717, 1.165) is 11.1 Å². The van der Waals surface area contributed by atoms with Gasteiger partial charge < -0.3 is 5.32 Å². The minimum Gasteiger partial charge on any atom is -0.319 e. The number of nitrogens with two attached hydrogens (primary N) is 1. The molecule has 3 N–H and O–H groups in total. The largest absolute Gasteiger partial charge is 0.319 e. The molecular weight excluding hydrogens is 355 g/mol. The summed E-state index contributed by atoms with van der Waals surface area (Å²) in [6.07, 6.45) is -0.695. The molecule has 2 rings (SSSR count). The minimum absolute atomic E-state index is 0.260. The Morgan fingerprint density at radius 2 is 1.70 bits per heavy atom. The quantitative estimate of drug-likeness (QED) is 0.614. The van der Waals surface area contributed by atoms with Crippen molar-refractivity contribution in [3.8, 4) is 0 Å². The van der Waals surface area contributed by atoms with Gasteiger partial charge in [-0.3, -0.25) is 10.1 Å². The highest BCUT2D eigenvalue weighted by Crippen LogP contribution is 2.27. The van der Waals surface area contributed by atoms with Gasteiger partial charge in [-0.25, -0.2) is 0 Å². The first-order valence-electron chi connectivity index (χ1n) is 7.18. The summed E-state index contributed by atoms with van der Waals surface area (Å²) in [7, 11) is 0. The second-order valence-electron chi connectivity index (χ2n) is 5.23. The van der Waals surface area contributed by atoms with Crippen molar-refractivity contribution in [3.63, 3.8) is 0 Å². The van der Waals surface area contributed by atoms with E-state index in [9.17, 15) is 4.79 Å². The lowest BCUT2D eigenvalue weighted by Gasteiger charge is -2.23. The molecule has 0 radical (unpaired) electrons. The minimum atomic E-state index is -1.62. The van der Waals surface area contributed by atoms with E-state index in [1.807, 2.05) is 49.4 Å². The maximum atomic E-state index is 12.4. The van der Waals surface area contributed by atoms with Crippen molar-refractivity contribution in [3.05, 3.63) is 71.3 Å². The molecule has 1 atom stereocenters. The van der Waals surface area contributed by atoms with Crippen molar-refractivity contribution in [1.29, 1.82) is 0 Å². The summed E-state index contributed by atoms with van der Waals surface area (Å²) in [5.74, 6) is -0.260. The lowest BCUT2D eigenvalue weighted by molar-refractivity contribution is -0.706. The number of hydrogen-bond donors (Lipinski definition) is 2. The molecule has 0 saturated carbocycles. The second kappa shape index (κ2) is 8.02. The second-order valence-corrected chi connectivity index (χ2v) is 7.60. The van der Waals surface area contributed by atoms with Gasteiger partial charge in [-0.15, -0.1) is 0 Å². The summed E-state index contributed by atoms with van der Waals surface area (Å²) >= 11 is 18.1. The van der Waals surface area contributed by atoms with E-state index in [1.54, 1.807) is 17.4 Å². The summed E-state index contributed by atoms with van der Waals surface area (Å²) < 4.78 is -1.62. The Labute approximate surface area is 150 Å². The van der Waals surface area contributed by atoms with Crippen LogP contribution in [-0.4, -0.2) is 15.9 Å². The lowest BCUT2D eigenvalue weighted by Crippen LogP contribution is -2.95. The average Bonchev–Trinajstić information content (AvgIpc) is 2.51. The number of nitrogens with one attached hydrogen (secondary N) is 1. The van der Waals surface area contributed by atoms with Gasteiger partial charge in [0.1, 0.15) is 6.54 Å². The molecule has 0 unspecified atom stereocenters. The zero-order chi connectivity index (χ0) is 16.9. The summed E-state index contributed by atoms with van der Waals surface area (Å²) in [5, 5.41) is 4.60. The van der Waals surface area contributed by atoms with Crippen molar-refractivity contribution < 1.29 is 10.1 Å². The smallest absolute Gasteiger partial charge is 0.262 e. The number of hydrogen-bond acceptors (Lipinski definition) is 1. The fraction of sp³-hybridized carbons (Fsp3) is 0.235. The monoisotopic (exact) mass is 371 g/mol. The predicted molar refractivity (Wildman–Crippen MR) is 94.8 cm³/mol. The first kappa shape index (κ1) is 18.1. The van der Waals surface area contributed by atoms with Crippen LogP contribution in [0.3, 0.4) is 0 Å². The third kappa shape index (κ3) is 5.40. The third-order valence-electron chi connectivity index (χ3n) is 3.46. The Kier molecular flexibility index (Phi) is 6.31. The highest BCUT2D eigenvalue weighted by molar-refractivity contribution is 6.68. The zero-order valence-corrected chi connectivity index (χ0v) is 14.9. The summed E-state index contributed by atoms with van der Waals surface area (Å²) in [6.45, 7) is 2.46. The molecule has 122 valence electrons. The van der Waals surface area contributed by atoms with Crippen LogP contribution in [0.15, 0.2) is 54.6 Å². The van der Waals surface area contributed by atoms with Gasteiger partial charge in [-0.05, 0) is 18.6 Å². The van der Waals surface area contributed by atoms with Crippen LogP contribution in [0.25, 0.3) is 0 Å². The molecule has 0 aliphatic carbocycles. The van der Waals surface area contributed by atoms with Crippen LogP contribution in [-0.2, 0) is 6.54 Å². The van der Waals surface area contributed by atoms with Gasteiger partial charge in [-0.1, -0.05) is 83.3 Å². The van der Waals surface area contributed by atoms with Crippen molar-refractivity contribution in [2.45, 2.75) is 23.4 Å². The number of alkyl halides is 3. The molecule has 0 aromatic heterocycles. The number of rotatable bonds is 5. The number of benzene rings is 2. The highest BCUT2D eigenvalue weighted by atomic mass is 35.6. The molecule has 0 heterocycles. The van der Waals surface area contributed by atoms with E-state index >= 15 is 0 Å². The van der Waals surface area contributed by atoms with Gasteiger partial charge in [-0.2, -0.15) is 0 Å². The molecule has 0 spiro atoms. The fourth-order valence-electron chi connectivity index (χ4n) is 2.19. The van der Waals surface area contributed by atoms with E-state index in [4.69, 9.17) is 34.8 Å². The Balaban J connectivity index is 2.07. The number of carbonyl (C=O) groups is 1. The Morgan fingerprint density at radius 1 is 1.09 bits per heavy atom. The van der Waals surface area contributed by atoms with Gasteiger partial charge in [0.15, 0.2) is 0 Å². The normalized spacial score (nSPS) is 12.7. The van der Waals surface area contributed by atoms with E-state index in [-0.39, 0.29) is 5.91 Å². The maximum absolute atomic E-state index is 12.4. The molecule has 0 bridgehead atoms. The van der Waals surface area contributed by atoms with Crippen LogP contribution in [0.5, 0.6) is 0 Å². The molecular formula is C17H18Cl3N2O+. The van der Waals surface area contributed by atoms with Crippen molar-refractivity contribution in [2.75, 3.05) is 0 Å². The molecule has 1 amide bonds. The molecule has 23 heavy (non-hydrogen) atoms. The summed E-state index contributed by atoms with van der Waals surface area (Å²) in [6, 6.07) is 17.1. The van der Waals surface area contributed by atoms with Crippen molar-refractivity contribution in [1.82, 2.24) is 5.32 Å². The molecule has 0 fully saturated rings. The van der Waals surface area contributed by atoms with Gasteiger partial charge in [0.05, 0.1) is 0 Å². The molecule has 0 aliphatic rings. The maximum Gasteiger partial charge on any atom is 0.262 e. The molecule has 0 saturated heterocycles. The van der Waals surface area contributed by atoms with E-state index < -0.39 is 9.96 Å². The van der Waals surface area contributed by atoms with Crippen LogP contribution in [0.1, 0.15) is 21.5 Å². The van der Waals surface area contributed by atoms with Gasteiger partial charge in [0.25, 0.3) is 9.70 Å². The lowest BCUT2D eigenvalue weighted by atomic mass is 10.1. The predicted octanol–water partition coefficient (Wildman–Crippen LogP) is 3.18. The molecule has 2 aromatic rings. The number of aryl methyl sites for hydroxylation is 1. The fourth-order valence-corrected chi connectivity index (χ4v) is 2.62. The third-order valence-corrected chi connectivity index (χ3v) is 4.17. The standard InChI is InChI=1S/C17H17Cl3N2O/c1-12-7-5-6-10-14(12)15(23)22-16(17(18,19)20)21-11-13-8-3-2-4-9-13/h2-10,16,21H,11H2,1H3,(H,22,23)/p+1/t16-/m1/s1. The first-order chi connectivity index (χ1) is 10.9. The summed E-state index contributed by atoms with van der Waals surface area (Å²) in [4.78, 5) is 12.4. The number of quaternary nitrogens is 1. The molecule has 0 aliphatic heterocycles. The highest BCUT2D eigenvalue weighted by Gasteiger charge is 2.37. The summed E-state index contributed by atoms with van der Waals surface area (Å²) in [5.41, 5.74) is 2.52. The molecule has 6 heteroatoms. The first-order valence-corrected chi connectivity index (χ1v) is 8.32. The average molecular weight is 373 g/mol. The van der Waals surface area contributed by atoms with Crippen LogP contribution in [0.2, 0.25) is 0 Å². The van der Waals surface area contributed by atoms with Gasteiger partial charge in [0.2, 0.25) is 6.17 Å². The van der Waals surface area contributed by atoms with Crippen LogP contribution >= 0.6 is 34.8 Å². The Bertz CT molecular complexity index is 656. The van der Waals surface area contributed by atoms with Gasteiger partial charge in [0, 0.05) is 11.1 Å². The Hall–Kier alpha value is -1.26. The molecule has 3 nitrogen and oxygen atoms in total. The van der Waals surface area contributed by atoms with E-state index in [1.165, 1.54) is 0 Å². The van der Waals surface area contributed by atoms with Crippen LogP contribution < -0.4 is 10.6 Å². The number of carbonyl (C=O) groups excluding carboxylic acids is 1. The van der Waals surface area contributed by atoms with E-state index in [0.29, 0.717) is 12.1 Å². The molecule has 2 aromatic carbocycles. The Morgan fingerprint density at radius 3 is 2.30 bits per heavy atom. The number of halogens is 3.